The Morgan fingerprint density at radius 1 is 0.968 bits per heavy atom. The van der Waals surface area contributed by atoms with Crippen molar-refractivity contribution in [1.29, 1.82) is 0 Å². The van der Waals surface area contributed by atoms with Crippen LogP contribution in [0.25, 0.3) is 0 Å². The number of hydrogen-bond acceptors (Lipinski definition) is 6. The summed E-state index contributed by atoms with van der Waals surface area (Å²) in [5, 5.41) is 5.07. The minimum absolute atomic E-state index is 0.275. The summed E-state index contributed by atoms with van der Waals surface area (Å²) in [6.07, 6.45) is -0.521. The second kappa shape index (κ2) is 11.5. The summed E-state index contributed by atoms with van der Waals surface area (Å²) in [5.41, 5.74) is 1.14. The zero-order valence-corrected chi connectivity index (χ0v) is 17.6. The van der Waals surface area contributed by atoms with E-state index in [9.17, 15) is 18.8 Å². The van der Waals surface area contributed by atoms with Crippen LogP contribution in [0.15, 0.2) is 42.5 Å². The highest BCUT2D eigenvalue weighted by atomic mass is 19.1. The lowest BCUT2D eigenvalue weighted by Crippen LogP contribution is -2.39. The van der Waals surface area contributed by atoms with Gasteiger partial charge in [0.15, 0.2) is 17.6 Å². The molecule has 2 rings (SSSR count). The monoisotopic (exact) mass is 432 g/mol. The first-order chi connectivity index (χ1) is 14.8. The highest BCUT2D eigenvalue weighted by Gasteiger charge is 2.18. The molecule has 2 N–H and O–H groups in total. The van der Waals surface area contributed by atoms with Crippen LogP contribution in [0.5, 0.6) is 11.5 Å². The number of amides is 2. The number of nitrogens with one attached hydrogen (secondary N) is 2. The van der Waals surface area contributed by atoms with Gasteiger partial charge in [0.25, 0.3) is 11.8 Å². The molecule has 31 heavy (non-hydrogen) atoms. The van der Waals surface area contributed by atoms with E-state index < -0.39 is 30.4 Å². The average molecular weight is 432 g/mol. The van der Waals surface area contributed by atoms with Crippen LogP contribution < -0.4 is 20.1 Å². The molecule has 0 radical (unpaired) electrons. The van der Waals surface area contributed by atoms with Crippen molar-refractivity contribution in [2.75, 3.05) is 27.3 Å². The summed E-state index contributed by atoms with van der Waals surface area (Å²) in [6.45, 7) is 1.34. The van der Waals surface area contributed by atoms with Crippen LogP contribution in [-0.2, 0) is 20.7 Å². The Labute approximate surface area is 179 Å². The first kappa shape index (κ1) is 23.7. The summed E-state index contributed by atoms with van der Waals surface area (Å²) < 4.78 is 28.2. The number of rotatable bonds is 10. The van der Waals surface area contributed by atoms with Crippen LogP contribution in [0.3, 0.4) is 0 Å². The van der Waals surface area contributed by atoms with Gasteiger partial charge in [-0.25, -0.2) is 4.39 Å². The molecule has 166 valence electrons. The van der Waals surface area contributed by atoms with Crippen molar-refractivity contribution >= 4 is 17.8 Å². The largest absolute Gasteiger partial charge is 0.493 e. The number of carbonyl (C=O) groups is 3. The molecule has 9 heteroatoms. The molecule has 0 aliphatic carbocycles. The maximum Gasteiger partial charge on any atom is 0.326 e. The first-order valence-corrected chi connectivity index (χ1v) is 9.56. The minimum Gasteiger partial charge on any atom is -0.493 e. The average Bonchev–Trinajstić information content (AvgIpc) is 2.78. The Kier molecular flexibility index (Phi) is 8.80. The van der Waals surface area contributed by atoms with Gasteiger partial charge in [0.1, 0.15) is 12.4 Å². The summed E-state index contributed by atoms with van der Waals surface area (Å²) >= 11 is 0. The van der Waals surface area contributed by atoms with Gasteiger partial charge in [-0.3, -0.25) is 14.4 Å². The van der Waals surface area contributed by atoms with E-state index in [1.54, 1.807) is 18.2 Å². The number of ether oxygens (including phenoxy) is 3. The predicted molar refractivity (Wildman–Crippen MR) is 111 cm³/mol. The topological polar surface area (TPSA) is 103 Å². The fourth-order valence-corrected chi connectivity index (χ4v) is 2.65. The van der Waals surface area contributed by atoms with Gasteiger partial charge in [-0.15, -0.1) is 0 Å². The van der Waals surface area contributed by atoms with E-state index in [0.29, 0.717) is 24.5 Å². The summed E-state index contributed by atoms with van der Waals surface area (Å²) in [7, 11) is 2.93. The van der Waals surface area contributed by atoms with E-state index in [1.165, 1.54) is 45.4 Å². The summed E-state index contributed by atoms with van der Waals surface area (Å²) in [5.74, 6) is -1.21. The van der Waals surface area contributed by atoms with Gasteiger partial charge in [0.2, 0.25) is 0 Å². The lowest BCUT2D eigenvalue weighted by molar-refractivity contribution is -0.153. The number of methoxy groups -OCH3 is 2. The number of hydrogen-bond donors (Lipinski definition) is 2. The maximum atomic E-state index is 12.9. The lowest BCUT2D eigenvalue weighted by atomic mass is 10.1. The van der Waals surface area contributed by atoms with Gasteiger partial charge < -0.3 is 24.8 Å². The van der Waals surface area contributed by atoms with Gasteiger partial charge in [0.05, 0.1) is 14.2 Å². The van der Waals surface area contributed by atoms with Gasteiger partial charge >= 0.3 is 5.97 Å². The van der Waals surface area contributed by atoms with Crippen molar-refractivity contribution in [2.45, 2.75) is 19.4 Å². The Balaban J connectivity index is 1.75. The van der Waals surface area contributed by atoms with Gasteiger partial charge in [-0.05, 0) is 49.2 Å². The second-order valence-corrected chi connectivity index (χ2v) is 6.55. The van der Waals surface area contributed by atoms with Crippen LogP contribution in [0.2, 0.25) is 0 Å². The molecule has 0 heterocycles. The minimum atomic E-state index is -1.03. The number of esters is 1. The zero-order chi connectivity index (χ0) is 22.8. The van der Waals surface area contributed by atoms with Crippen molar-refractivity contribution < 1.29 is 33.0 Å². The van der Waals surface area contributed by atoms with Crippen molar-refractivity contribution in [2.24, 2.45) is 0 Å². The van der Waals surface area contributed by atoms with Crippen molar-refractivity contribution in [1.82, 2.24) is 10.6 Å². The second-order valence-electron chi connectivity index (χ2n) is 6.55. The summed E-state index contributed by atoms with van der Waals surface area (Å²) in [4.78, 5) is 36.2. The molecule has 8 nitrogen and oxygen atoms in total. The Morgan fingerprint density at radius 2 is 1.65 bits per heavy atom. The van der Waals surface area contributed by atoms with Crippen molar-refractivity contribution in [3.05, 3.63) is 59.4 Å². The number of carbonyl (C=O) groups excluding carboxylic acids is 3. The van der Waals surface area contributed by atoms with Crippen LogP contribution >= 0.6 is 0 Å². The molecule has 2 amide bonds. The van der Waals surface area contributed by atoms with E-state index in [0.717, 1.165) is 5.56 Å². The highest BCUT2D eigenvalue weighted by molar-refractivity contribution is 5.96. The van der Waals surface area contributed by atoms with Crippen molar-refractivity contribution in [3.63, 3.8) is 0 Å². The predicted octanol–water partition coefficient (Wildman–Crippen LogP) is 1.86. The van der Waals surface area contributed by atoms with Crippen LogP contribution in [-0.4, -0.2) is 51.2 Å². The first-order valence-electron chi connectivity index (χ1n) is 9.56. The van der Waals surface area contributed by atoms with Gasteiger partial charge in [-0.2, -0.15) is 0 Å². The summed E-state index contributed by atoms with van der Waals surface area (Å²) in [6, 6.07) is 10.5. The zero-order valence-electron chi connectivity index (χ0n) is 17.6. The van der Waals surface area contributed by atoms with E-state index in [-0.39, 0.29) is 11.4 Å². The third-order valence-corrected chi connectivity index (χ3v) is 4.34. The molecule has 0 saturated heterocycles. The lowest BCUT2D eigenvalue weighted by Gasteiger charge is -2.14. The number of halogens is 1. The Morgan fingerprint density at radius 3 is 2.29 bits per heavy atom. The molecule has 0 spiro atoms. The quantitative estimate of drug-likeness (QED) is 0.556. The molecule has 2 aromatic carbocycles. The molecule has 0 bridgehead atoms. The molecule has 1 unspecified atom stereocenters. The Bertz CT molecular complexity index is 917. The SMILES string of the molecule is COc1ccc(C(=O)NCC(=O)OC(C)C(=O)NCCc2ccc(F)cc2)cc1OC. The molecule has 0 aliphatic rings. The molecule has 0 aromatic heterocycles. The normalized spacial score (nSPS) is 11.2. The molecule has 2 aromatic rings. The standard InChI is InChI=1S/C22H25FN2O6/c1-14(21(27)24-11-10-15-4-7-17(23)8-5-15)31-20(26)13-25-22(28)16-6-9-18(29-2)19(12-16)30-3/h4-9,12,14H,10-11,13H2,1-3H3,(H,24,27)(H,25,28). The molecular formula is C22H25FN2O6. The number of benzene rings is 2. The van der Waals surface area contributed by atoms with E-state index in [1.807, 2.05) is 0 Å². The fourth-order valence-electron chi connectivity index (χ4n) is 2.65. The van der Waals surface area contributed by atoms with E-state index in [2.05, 4.69) is 10.6 Å². The van der Waals surface area contributed by atoms with E-state index >= 15 is 0 Å². The Hall–Kier alpha value is -3.62. The molecule has 1 atom stereocenters. The highest BCUT2D eigenvalue weighted by Crippen LogP contribution is 2.27. The van der Waals surface area contributed by atoms with E-state index in [4.69, 9.17) is 14.2 Å². The molecule has 0 saturated carbocycles. The van der Waals surface area contributed by atoms with Gasteiger partial charge in [0, 0.05) is 12.1 Å². The van der Waals surface area contributed by atoms with Crippen LogP contribution in [0, 0.1) is 5.82 Å². The van der Waals surface area contributed by atoms with Crippen LogP contribution in [0.4, 0.5) is 4.39 Å². The van der Waals surface area contributed by atoms with Crippen molar-refractivity contribution in [3.8, 4) is 11.5 Å². The smallest absolute Gasteiger partial charge is 0.326 e. The van der Waals surface area contributed by atoms with Crippen LogP contribution in [0.1, 0.15) is 22.8 Å². The fraction of sp³-hybridized carbons (Fsp3) is 0.318. The third kappa shape index (κ3) is 7.29. The molecule has 0 aliphatic heterocycles. The molecular weight excluding hydrogens is 407 g/mol. The maximum absolute atomic E-state index is 12.9. The third-order valence-electron chi connectivity index (χ3n) is 4.34. The van der Waals surface area contributed by atoms with Gasteiger partial charge in [-0.1, -0.05) is 12.1 Å². The molecule has 0 fully saturated rings.